The molecule has 0 atom stereocenters. The number of benzene rings is 2. The van der Waals surface area contributed by atoms with E-state index in [9.17, 15) is 0 Å². The lowest BCUT2D eigenvalue weighted by atomic mass is 9.78. The van der Waals surface area contributed by atoms with Crippen LogP contribution in [0.3, 0.4) is 0 Å². The Morgan fingerprint density at radius 3 is 1.50 bits per heavy atom. The summed E-state index contributed by atoms with van der Waals surface area (Å²) in [6, 6.07) is 20.8. The van der Waals surface area contributed by atoms with Gasteiger partial charge in [0.1, 0.15) is 0 Å². The molecule has 26 heavy (non-hydrogen) atoms. The zero-order chi connectivity index (χ0) is 20.4. The van der Waals surface area contributed by atoms with Gasteiger partial charge in [-0.05, 0) is 26.3 Å². The van der Waals surface area contributed by atoms with E-state index >= 15 is 0 Å². The van der Waals surface area contributed by atoms with Crippen molar-refractivity contribution < 1.29 is 0 Å². The molecule has 0 aliphatic carbocycles. The van der Waals surface area contributed by atoms with E-state index in [1.165, 1.54) is 16.7 Å². The summed E-state index contributed by atoms with van der Waals surface area (Å²) >= 11 is 0. The zero-order valence-corrected chi connectivity index (χ0v) is 18.5. The fourth-order valence-corrected chi connectivity index (χ4v) is 2.03. The van der Waals surface area contributed by atoms with E-state index in [2.05, 4.69) is 70.2 Å². The van der Waals surface area contributed by atoms with Crippen molar-refractivity contribution in [3.8, 4) is 0 Å². The van der Waals surface area contributed by atoms with Crippen molar-refractivity contribution in [3.05, 3.63) is 95.6 Å². The van der Waals surface area contributed by atoms with Crippen LogP contribution in [0.1, 0.15) is 66.5 Å². The predicted molar refractivity (Wildman–Crippen MR) is 122 cm³/mol. The van der Waals surface area contributed by atoms with Crippen LogP contribution in [0.4, 0.5) is 0 Å². The molecular formula is C26H40. The molecule has 2 aromatic carbocycles. The molecular weight excluding hydrogens is 312 g/mol. The van der Waals surface area contributed by atoms with Gasteiger partial charge < -0.3 is 0 Å². The fourth-order valence-electron chi connectivity index (χ4n) is 2.03. The van der Waals surface area contributed by atoms with Crippen LogP contribution in [-0.2, 0) is 5.41 Å². The van der Waals surface area contributed by atoms with Crippen molar-refractivity contribution >= 4 is 0 Å². The van der Waals surface area contributed by atoms with Crippen molar-refractivity contribution in [2.75, 3.05) is 0 Å². The van der Waals surface area contributed by atoms with Gasteiger partial charge in [0.2, 0.25) is 0 Å². The van der Waals surface area contributed by atoms with Crippen molar-refractivity contribution in [3.63, 3.8) is 0 Å². The monoisotopic (exact) mass is 352 g/mol. The zero-order valence-electron chi connectivity index (χ0n) is 18.5. The molecule has 0 radical (unpaired) electrons. The highest BCUT2D eigenvalue weighted by atomic mass is 14.3. The van der Waals surface area contributed by atoms with Crippen LogP contribution in [0.5, 0.6) is 0 Å². The molecule has 2 aromatic rings. The van der Waals surface area contributed by atoms with Gasteiger partial charge in [-0.15, -0.1) is 0 Å². The van der Waals surface area contributed by atoms with Gasteiger partial charge in [0.25, 0.3) is 0 Å². The maximum Gasteiger partial charge on any atom is 0.0105 e. The first-order valence-corrected chi connectivity index (χ1v) is 9.85. The molecule has 0 saturated heterocycles. The Kier molecular flexibility index (Phi) is 16.5. The van der Waals surface area contributed by atoms with Crippen molar-refractivity contribution in [1.82, 2.24) is 0 Å². The van der Waals surface area contributed by atoms with Crippen LogP contribution < -0.4 is 0 Å². The summed E-state index contributed by atoms with van der Waals surface area (Å²) in [6.45, 7) is 18.9. The van der Waals surface area contributed by atoms with Gasteiger partial charge in [-0.2, -0.15) is 0 Å². The second-order valence-corrected chi connectivity index (χ2v) is 6.02. The number of rotatable bonds is 3. The van der Waals surface area contributed by atoms with Gasteiger partial charge in [0.15, 0.2) is 0 Å². The van der Waals surface area contributed by atoms with Gasteiger partial charge in [-0.1, -0.05) is 132 Å². The molecule has 144 valence electrons. The molecule has 0 heterocycles. The maximum absolute atomic E-state index is 2.27. The van der Waals surface area contributed by atoms with Gasteiger partial charge in [-0.3, -0.25) is 0 Å². The molecule has 0 aliphatic rings. The number of aryl methyl sites for hydroxylation is 1. The number of allylic oxidation sites excluding steroid dienone is 4. The average Bonchev–Trinajstić information content (AvgIpc) is 2.71. The summed E-state index contributed by atoms with van der Waals surface area (Å²) in [5, 5.41) is 0. The molecule has 0 N–H and O–H groups in total. The first kappa shape index (κ1) is 26.2. The molecule has 2 rings (SSSR count). The van der Waals surface area contributed by atoms with Crippen molar-refractivity contribution in [2.45, 2.75) is 67.7 Å². The Hall–Kier alpha value is -2.08. The van der Waals surface area contributed by atoms with E-state index in [1.54, 1.807) is 0 Å². The van der Waals surface area contributed by atoms with Crippen LogP contribution in [0.2, 0.25) is 0 Å². The lowest BCUT2D eigenvalue weighted by Gasteiger charge is -2.26. The fraction of sp³-hybridized carbons (Fsp3) is 0.385. The minimum absolute atomic E-state index is 0.104. The Bertz CT molecular complexity index is 557. The van der Waals surface area contributed by atoms with Gasteiger partial charge in [-0.25, -0.2) is 0 Å². The highest BCUT2D eigenvalue weighted by molar-refractivity contribution is 5.36. The number of hydrogen-bond acceptors (Lipinski definition) is 0. The third kappa shape index (κ3) is 10.7. The molecule has 0 aromatic heterocycles. The first-order valence-electron chi connectivity index (χ1n) is 9.85. The first-order chi connectivity index (χ1) is 12.5. The molecule has 0 heteroatoms. The van der Waals surface area contributed by atoms with E-state index in [4.69, 9.17) is 0 Å². The Morgan fingerprint density at radius 1 is 0.769 bits per heavy atom. The number of hydrogen-bond donors (Lipinski definition) is 0. The standard InChI is InChI=1S/C16H22.C6H6.2C2H6/c1-6-7-8-14(3)16(4,5)15-11-9-13(2)10-12-15;1-2-4-6-5-3-1;2*1-2/h6-12H,1-5H3;1-6H;2*1-2H3/b7-6-,14-8+;;;. The van der Waals surface area contributed by atoms with Crippen LogP contribution in [0, 0.1) is 6.92 Å². The Balaban J connectivity index is 0. The lowest BCUT2D eigenvalue weighted by molar-refractivity contribution is 0.623. The highest BCUT2D eigenvalue weighted by Gasteiger charge is 2.21. The van der Waals surface area contributed by atoms with Gasteiger partial charge in [0.05, 0.1) is 0 Å². The summed E-state index contributed by atoms with van der Waals surface area (Å²) < 4.78 is 0. The molecule has 0 fully saturated rings. The van der Waals surface area contributed by atoms with E-state index in [1.807, 2.05) is 71.0 Å². The lowest BCUT2D eigenvalue weighted by Crippen LogP contribution is -2.18. The minimum Gasteiger partial charge on any atom is -0.0877 e. The third-order valence-electron chi connectivity index (χ3n) is 3.96. The van der Waals surface area contributed by atoms with Crippen LogP contribution in [0.25, 0.3) is 0 Å². The van der Waals surface area contributed by atoms with E-state index in [0.717, 1.165) is 0 Å². The van der Waals surface area contributed by atoms with Crippen molar-refractivity contribution in [2.24, 2.45) is 0 Å². The average molecular weight is 353 g/mol. The summed E-state index contributed by atoms with van der Waals surface area (Å²) in [5.74, 6) is 0. The minimum atomic E-state index is 0.104. The Labute approximate surface area is 163 Å². The largest absolute Gasteiger partial charge is 0.0877 e. The molecule has 0 unspecified atom stereocenters. The molecule has 0 spiro atoms. The second kappa shape index (κ2) is 16.4. The smallest absolute Gasteiger partial charge is 0.0105 e. The SMILES string of the molecule is C/C=C\C=C(/C)C(C)(C)c1ccc(C)cc1.CC.CC.c1ccccc1. The normalized spacial score (nSPS) is 10.6. The molecule has 0 saturated carbocycles. The predicted octanol–water partition coefficient (Wildman–Crippen LogP) is 8.53. The van der Waals surface area contributed by atoms with E-state index < -0.39 is 0 Å². The molecule has 0 nitrogen and oxygen atoms in total. The highest BCUT2D eigenvalue weighted by Crippen LogP contribution is 2.31. The van der Waals surface area contributed by atoms with Crippen LogP contribution >= 0.6 is 0 Å². The molecule has 0 aliphatic heterocycles. The van der Waals surface area contributed by atoms with E-state index in [-0.39, 0.29) is 5.41 Å². The molecule has 0 bridgehead atoms. The summed E-state index contributed by atoms with van der Waals surface area (Å²) in [5.41, 5.74) is 4.17. The summed E-state index contributed by atoms with van der Waals surface area (Å²) in [6.07, 6.45) is 6.36. The van der Waals surface area contributed by atoms with Crippen LogP contribution in [0.15, 0.2) is 84.5 Å². The molecule has 0 amide bonds. The quantitative estimate of drug-likeness (QED) is 0.485. The summed E-state index contributed by atoms with van der Waals surface area (Å²) in [4.78, 5) is 0. The van der Waals surface area contributed by atoms with E-state index in [0.29, 0.717) is 0 Å². The van der Waals surface area contributed by atoms with Crippen molar-refractivity contribution in [1.29, 1.82) is 0 Å². The Morgan fingerprint density at radius 2 is 1.15 bits per heavy atom. The van der Waals surface area contributed by atoms with Gasteiger partial charge >= 0.3 is 0 Å². The maximum atomic E-state index is 2.27. The summed E-state index contributed by atoms with van der Waals surface area (Å²) in [7, 11) is 0. The topological polar surface area (TPSA) is 0 Å². The van der Waals surface area contributed by atoms with Crippen LogP contribution in [-0.4, -0.2) is 0 Å². The third-order valence-corrected chi connectivity index (χ3v) is 3.96. The second-order valence-electron chi connectivity index (χ2n) is 6.02. The van der Waals surface area contributed by atoms with Gasteiger partial charge in [0, 0.05) is 5.41 Å².